The molecule has 4 heteroatoms. The molecular formula is C17H19ClFNS. The quantitative estimate of drug-likeness (QED) is 0.732. The highest BCUT2D eigenvalue weighted by atomic mass is 35.5. The van der Waals surface area contributed by atoms with Crippen LogP contribution in [0.4, 0.5) is 4.39 Å². The van der Waals surface area contributed by atoms with Gasteiger partial charge < -0.3 is 5.32 Å². The summed E-state index contributed by atoms with van der Waals surface area (Å²) in [5.41, 5.74) is 0.989. The van der Waals surface area contributed by atoms with Crippen LogP contribution in [0.2, 0.25) is 5.02 Å². The number of nitrogens with one attached hydrogen (secondary N) is 1. The molecule has 112 valence electrons. The first-order chi connectivity index (χ1) is 10.1. The van der Waals surface area contributed by atoms with Crippen LogP contribution in [0.3, 0.4) is 0 Å². The topological polar surface area (TPSA) is 12.0 Å². The van der Waals surface area contributed by atoms with Gasteiger partial charge in [-0.2, -0.15) is 0 Å². The van der Waals surface area contributed by atoms with Gasteiger partial charge in [0.15, 0.2) is 0 Å². The number of rotatable bonds is 6. The molecule has 0 aliphatic rings. The van der Waals surface area contributed by atoms with Crippen molar-refractivity contribution >= 4 is 23.4 Å². The molecule has 0 bridgehead atoms. The second kappa shape index (κ2) is 7.83. The average Bonchev–Trinajstić information content (AvgIpc) is 2.49. The lowest BCUT2D eigenvalue weighted by Gasteiger charge is -2.17. The Hall–Kier alpha value is -1.03. The molecule has 1 atom stereocenters. The fraction of sp³-hybridized carbons (Fsp3) is 0.294. The fourth-order valence-electron chi connectivity index (χ4n) is 2.05. The Labute approximate surface area is 134 Å². The summed E-state index contributed by atoms with van der Waals surface area (Å²) < 4.78 is 13.6. The van der Waals surface area contributed by atoms with Gasteiger partial charge in [0, 0.05) is 20.9 Å². The fourth-order valence-corrected chi connectivity index (χ4v) is 3.19. The molecule has 2 aromatic carbocycles. The van der Waals surface area contributed by atoms with Crippen molar-refractivity contribution in [3.63, 3.8) is 0 Å². The van der Waals surface area contributed by atoms with Crippen molar-refractivity contribution in [1.82, 2.24) is 5.32 Å². The first-order valence-corrected chi connectivity index (χ1v) is 8.26. The maximum absolute atomic E-state index is 13.6. The highest BCUT2D eigenvalue weighted by Gasteiger charge is 2.12. The molecule has 0 aliphatic carbocycles. The van der Waals surface area contributed by atoms with Crippen LogP contribution in [0, 0.1) is 5.82 Å². The number of hydrogen-bond acceptors (Lipinski definition) is 2. The maximum Gasteiger partial charge on any atom is 0.123 e. The summed E-state index contributed by atoms with van der Waals surface area (Å²) in [5, 5.41) is 4.13. The van der Waals surface area contributed by atoms with Gasteiger partial charge in [-0.1, -0.05) is 30.3 Å². The molecule has 0 fully saturated rings. The zero-order valence-corrected chi connectivity index (χ0v) is 13.8. The van der Waals surface area contributed by atoms with Crippen molar-refractivity contribution in [2.75, 3.05) is 6.54 Å². The largest absolute Gasteiger partial charge is 0.310 e. The molecule has 0 heterocycles. The van der Waals surface area contributed by atoms with Gasteiger partial charge in [-0.3, -0.25) is 0 Å². The Kier molecular flexibility index (Phi) is 6.09. The Morgan fingerprint density at radius 3 is 2.57 bits per heavy atom. The van der Waals surface area contributed by atoms with Gasteiger partial charge in [-0.15, -0.1) is 0 Å². The molecule has 2 aromatic rings. The lowest BCUT2D eigenvalue weighted by Crippen LogP contribution is -2.20. The number of halogens is 2. The van der Waals surface area contributed by atoms with Gasteiger partial charge in [0.25, 0.3) is 0 Å². The molecular weight excluding hydrogens is 305 g/mol. The summed E-state index contributed by atoms with van der Waals surface area (Å²) in [4.78, 5) is 2.16. The van der Waals surface area contributed by atoms with Gasteiger partial charge in [-0.25, -0.2) is 4.39 Å². The molecule has 0 radical (unpaired) electrons. The Balaban J connectivity index is 2.23. The van der Waals surface area contributed by atoms with Crippen molar-refractivity contribution in [1.29, 1.82) is 0 Å². The summed E-state index contributed by atoms with van der Waals surface area (Å²) >= 11 is 7.53. The molecule has 2 rings (SSSR count). The van der Waals surface area contributed by atoms with Crippen LogP contribution in [0.5, 0.6) is 0 Å². The monoisotopic (exact) mass is 323 g/mol. The lowest BCUT2D eigenvalue weighted by molar-refractivity contribution is 0.554. The van der Waals surface area contributed by atoms with E-state index < -0.39 is 0 Å². The van der Waals surface area contributed by atoms with E-state index in [1.54, 1.807) is 17.8 Å². The van der Waals surface area contributed by atoms with Crippen LogP contribution in [-0.4, -0.2) is 6.54 Å². The molecule has 0 aromatic heterocycles. The molecule has 1 N–H and O–H groups in total. The third-order valence-electron chi connectivity index (χ3n) is 3.18. The van der Waals surface area contributed by atoms with E-state index in [2.05, 4.69) is 19.2 Å². The summed E-state index contributed by atoms with van der Waals surface area (Å²) in [6.45, 7) is 5.10. The van der Waals surface area contributed by atoms with Crippen LogP contribution in [-0.2, 0) is 0 Å². The summed E-state index contributed by atoms with van der Waals surface area (Å²) in [6, 6.07) is 12.8. The van der Waals surface area contributed by atoms with Crippen molar-refractivity contribution < 1.29 is 4.39 Å². The van der Waals surface area contributed by atoms with Gasteiger partial charge in [0.1, 0.15) is 5.82 Å². The van der Waals surface area contributed by atoms with Crippen molar-refractivity contribution in [3.05, 3.63) is 58.9 Å². The molecule has 1 nitrogen and oxygen atoms in total. The molecule has 1 unspecified atom stereocenters. The van der Waals surface area contributed by atoms with Crippen LogP contribution in [0.25, 0.3) is 0 Å². The predicted molar refractivity (Wildman–Crippen MR) is 88.7 cm³/mol. The smallest absolute Gasteiger partial charge is 0.123 e. The first kappa shape index (κ1) is 16.3. The summed E-state index contributed by atoms with van der Waals surface area (Å²) in [5.74, 6) is -0.199. The van der Waals surface area contributed by atoms with Gasteiger partial charge in [-0.05, 0) is 67.9 Å². The van der Waals surface area contributed by atoms with E-state index in [9.17, 15) is 4.39 Å². The Bertz CT molecular complexity index is 586. The second-order valence-corrected chi connectivity index (χ2v) is 6.47. The highest BCUT2D eigenvalue weighted by molar-refractivity contribution is 7.99. The van der Waals surface area contributed by atoms with Crippen molar-refractivity contribution in [2.45, 2.75) is 36.1 Å². The maximum atomic E-state index is 13.6. The molecule has 0 saturated carbocycles. The molecule has 0 aliphatic heterocycles. The number of benzene rings is 2. The minimum absolute atomic E-state index is 0.121. The zero-order chi connectivity index (χ0) is 15.2. The lowest BCUT2D eigenvalue weighted by atomic mass is 10.1. The van der Waals surface area contributed by atoms with Crippen molar-refractivity contribution in [2.24, 2.45) is 0 Å². The van der Waals surface area contributed by atoms with E-state index in [0.29, 0.717) is 0 Å². The van der Waals surface area contributed by atoms with E-state index in [-0.39, 0.29) is 11.9 Å². The molecule has 0 spiro atoms. The van der Waals surface area contributed by atoms with Crippen LogP contribution in [0.15, 0.2) is 52.3 Å². The predicted octanol–water partition coefficient (Wildman–Crippen LogP) is 5.69. The van der Waals surface area contributed by atoms with E-state index in [1.807, 2.05) is 30.3 Å². The SMILES string of the molecule is CCCNC(C)c1cc(F)ccc1Sc1ccc(Cl)cc1. The molecule has 0 saturated heterocycles. The van der Waals surface area contributed by atoms with E-state index in [4.69, 9.17) is 11.6 Å². The normalized spacial score (nSPS) is 12.4. The van der Waals surface area contributed by atoms with Crippen LogP contribution < -0.4 is 5.32 Å². The Morgan fingerprint density at radius 2 is 1.90 bits per heavy atom. The van der Waals surface area contributed by atoms with Crippen molar-refractivity contribution in [3.8, 4) is 0 Å². The van der Waals surface area contributed by atoms with E-state index >= 15 is 0 Å². The number of hydrogen-bond donors (Lipinski definition) is 1. The minimum Gasteiger partial charge on any atom is -0.310 e. The van der Waals surface area contributed by atoms with Gasteiger partial charge >= 0.3 is 0 Å². The Morgan fingerprint density at radius 1 is 1.19 bits per heavy atom. The van der Waals surface area contributed by atoms with E-state index in [0.717, 1.165) is 33.3 Å². The third kappa shape index (κ3) is 4.73. The van der Waals surface area contributed by atoms with Crippen LogP contribution in [0.1, 0.15) is 31.9 Å². The highest BCUT2D eigenvalue weighted by Crippen LogP contribution is 2.34. The van der Waals surface area contributed by atoms with Gasteiger partial charge in [0.2, 0.25) is 0 Å². The summed E-state index contributed by atoms with van der Waals surface area (Å²) in [6.07, 6.45) is 1.05. The molecule has 0 amide bonds. The van der Waals surface area contributed by atoms with Gasteiger partial charge in [0.05, 0.1) is 0 Å². The summed E-state index contributed by atoms with van der Waals surface area (Å²) in [7, 11) is 0. The van der Waals surface area contributed by atoms with Crippen LogP contribution >= 0.6 is 23.4 Å². The molecule has 21 heavy (non-hydrogen) atoms. The average molecular weight is 324 g/mol. The first-order valence-electron chi connectivity index (χ1n) is 7.06. The van der Waals surface area contributed by atoms with E-state index in [1.165, 1.54) is 6.07 Å². The second-order valence-electron chi connectivity index (χ2n) is 4.91. The third-order valence-corrected chi connectivity index (χ3v) is 4.53. The minimum atomic E-state index is -0.199. The zero-order valence-electron chi connectivity index (χ0n) is 12.2. The standard InChI is InChI=1S/C17H19ClFNS/c1-3-10-20-12(2)16-11-14(19)6-9-17(16)21-15-7-4-13(18)5-8-15/h4-9,11-12,20H,3,10H2,1-2H3.